The van der Waals surface area contributed by atoms with Crippen molar-refractivity contribution in [1.29, 1.82) is 0 Å². The molecular weight excluding hydrogens is 767 g/mol. The number of nitro groups is 2. The number of carboxylic acid groups (broad SMARTS) is 1. The maximum atomic E-state index is 12.6. The predicted molar refractivity (Wildman–Crippen MR) is 182 cm³/mol. The molecule has 52 heavy (non-hydrogen) atoms. The lowest BCUT2D eigenvalue weighted by Gasteiger charge is -2.12. The molecule has 6 N–H and O–H groups in total. The molecule has 0 radical (unpaired) electrons. The number of carboxylic acids is 1. The van der Waals surface area contributed by atoms with Gasteiger partial charge in [0.2, 0.25) is 5.75 Å². The number of anilines is 1. The number of nitrogen functional groups attached to an aromatic ring is 1. The van der Waals surface area contributed by atoms with Gasteiger partial charge in [0.25, 0.3) is 5.69 Å². The maximum Gasteiger partial charge on any atom is 0.416 e. The first-order valence-corrected chi connectivity index (χ1v) is 16.7. The molecule has 0 heterocycles. The SMILES string of the molecule is CCOc1cc(Oc2ccc(C(F)(F)F)cc2Cl)ccc1[N+](=O)[O-].Nc1c([N+](=O)[O-])ccc(Oc2ccccc2)c1Cl.O=C(O)CNCP(=O)(O)O. The van der Waals surface area contributed by atoms with Crippen LogP contribution in [-0.2, 0) is 15.5 Å². The number of aliphatic carboxylic acids is 1. The van der Waals surface area contributed by atoms with Crippen molar-refractivity contribution < 1.29 is 61.5 Å². The minimum absolute atomic E-state index is 0.0111. The zero-order valence-electron chi connectivity index (χ0n) is 26.5. The minimum atomic E-state index is -4.52. The molecule has 0 bridgehead atoms. The monoisotopic (exact) mass is 794 g/mol. The number of carbonyl (C=O) groups is 1. The first kappa shape index (κ1) is 43.0. The van der Waals surface area contributed by atoms with Gasteiger partial charge < -0.3 is 34.8 Å². The first-order chi connectivity index (χ1) is 24.2. The topological polar surface area (TPSA) is 247 Å². The molecule has 0 saturated carbocycles. The molecule has 0 aliphatic rings. The Bertz CT molecular complexity index is 1920. The number of nitrogens with one attached hydrogen (secondary N) is 1. The molecule has 0 aliphatic carbocycles. The van der Waals surface area contributed by atoms with Gasteiger partial charge in [-0.05, 0) is 49.4 Å². The number of nitrogens with two attached hydrogens (primary N) is 1. The Morgan fingerprint density at radius 2 is 1.46 bits per heavy atom. The second-order valence-corrected chi connectivity index (χ2v) is 12.1. The molecule has 0 atom stereocenters. The van der Waals surface area contributed by atoms with E-state index in [1.807, 2.05) is 6.07 Å². The number of halogens is 5. The van der Waals surface area contributed by atoms with E-state index in [9.17, 15) is 42.8 Å². The second kappa shape index (κ2) is 19.4. The fraction of sp³-hybridized carbons (Fsp3) is 0.167. The van der Waals surface area contributed by atoms with Gasteiger partial charge in [-0.3, -0.25) is 34.9 Å². The van der Waals surface area contributed by atoms with E-state index in [-0.39, 0.29) is 56.7 Å². The van der Waals surface area contributed by atoms with Crippen molar-refractivity contribution >= 4 is 53.8 Å². The normalized spacial score (nSPS) is 10.8. The van der Waals surface area contributed by atoms with E-state index in [4.69, 9.17) is 58.0 Å². The highest BCUT2D eigenvalue weighted by molar-refractivity contribution is 7.51. The van der Waals surface area contributed by atoms with Crippen LogP contribution in [0.15, 0.2) is 78.9 Å². The molecule has 280 valence electrons. The first-order valence-electron chi connectivity index (χ1n) is 14.1. The van der Waals surface area contributed by atoms with E-state index >= 15 is 0 Å². The molecule has 0 fully saturated rings. The van der Waals surface area contributed by atoms with Crippen LogP contribution in [-0.4, -0.2) is 50.1 Å². The van der Waals surface area contributed by atoms with Crippen molar-refractivity contribution in [2.24, 2.45) is 0 Å². The summed E-state index contributed by atoms with van der Waals surface area (Å²) < 4.78 is 63.9. The fourth-order valence-corrected chi connectivity index (χ4v) is 4.41. The maximum absolute atomic E-state index is 12.6. The zero-order valence-corrected chi connectivity index (χ0v) is 28.9. The number of benzene rings is 4. The van der Waals surface area contributed by atoms with Crippen LogP contribution in [0, 0.1) is 20.2 Å². The van der Waals surface area contributed by atoms with Gasteiger partial charge in [0.05, 0.1) is 39.9 Å². The van der Waals surface area contributed by atoms with Crippen molar-refractivity contribution in [3.05, 3.63) is 115 Å². The van der Waals surface area contributed by atoms with Gasteiger partial charge in [-0.25, -0.2) is 0 Å². The minimum Gasteiger partial charge on any atom is -0.487 e. The predicted octanol–water partition coefficient (Wildman–Crippen LogP) is 7.88. The second-order valence-electron chi connectivity index (χ2n) is 9.69. The third-order valence-corrected chi connectivity index (χ3v) is 7.12. The van der Waals surface area contributed by atoms with Crippen LogP contribution in [0.5, 0.6) is 28.7 Å². The Labute approximate surface area is 301 Å². The van der Waals surface area contributed by atoms with Crippen molar-refractivity contribution in [2.75, 3.05) is 25.2 Å². The van der Waals surface area contributed by atoms with Gasteiger partial charge >= 0.3 is 25.4 Å². The van der Waals surface area contributed by atoms with Gasteiger partial charge in [0, 0.05) is 18.2 Å². The largest absolute Gasteiger partial charge is 0.487 e. The highest BCUT2D eigenvalue weighted by atomic mass is 35.5. The molecule has 4 aromatic rings. The molecular formula is C30H28Cl2F3N4O12P. The van der Waals surface area contributed by atoms with Crippen LogP contribution in [0.25, 0.3) is 0 Å². The van der Waals surface area contributed by atoms with Gasteiger partial charge in [0.1, 0.15) is 33.7 Å². The van der Waals surface area contributed by atoms with Crippen LogP contribution in [0.4, 0.5) is 30.2 Å². The Balaban J connectivity index is 0.000000294. The van der Waals surface area contributed by atoms with E-state index in [0.717, 1.165) is 18.2 Å². The third kappa shape index (κ3) is 14.2. The summed E-state index contributed by atoms with van der Waals surface area (Å²) in [6.07, 6.45) is -5.11. The Morgan fingerprint density at radius 1 is 0.885 bits per heavy atom. The summed E-state index contributed by atoms with van der Waals surface area (Å²) in [5.74, 6) is -0.165. The van der Waals surface area contributed by atoms with Crippen molar-refractivity contribution in [3.8, 4) is 28.7 Å². The Morgan fingerprint density at radius 3 is 1.98 bits per heavy atom. The summed E-state index contributed by atoms with van der Waals surface area (Å²) in [6, 6.07) is 18.0. The number of hydrogen-bond donors (Lipinski definition) is 5. The summed E-state index contributed by atoms with van der Waals surface area (Å²) in [5, 5.41) is 31.4. The lowest BCUT2D eigenvalue weighted by atomic mass is 10.2. The molecule has 0 aromatic heterocycles. The summed E-state index contributed by atoms with van der Waals surface area (Å²) in [6.45, 7) is 1.42. The van der Waals surface area contributed by atoms with E-state index in [0.29, 0.717) is 5.75 Å². The lowest BCUT2D eigenvalue weighted by Crippen LogP contribution is -2.23. The highest BCUT2D eigenvalue weighted by Gasteiger charge is 2.31. The van der Waals surface area contributed by atoms with E-state index in [1.54, 1.807) is 31.2 Å². The fourth-order valence-electron chi connectivity index (χ4n) is 3.59. The zero-order chi connectivity index (χ0) is 39.2. The van der Waals surface area contributed by atoms with Crippen molar-refractivity contribution in [2.45, 2.75) is 13.1 Å². The van der Waals surface area contributed by atoms with Crippen LogP contribution >= 0.6 is 30.8 Å². The standard InChI is InChI=1S/C15H11ClF3NO4.C12H9ClN2O3.C3H8NO5P/c1-2-23-14-8-10(4-5-12(14)20(21)22)24-13-6-3-9(7-11(13)16)15(17,18)19;13-11-10(18-8-4-2-1-3-5-8)7-6-9(12(11)14)15(16)17;5-3(6)1-4-2-10(7,8)9/h3-8H,2H2,1H3;1-7H,14H2;4H,1-2H2,(H,5,6)(H2,7,8,9). The van der Waals surface area contributed by atoms with Crippen LogP contribution < -0.4 is 25.3 Å². The van der Waals surface area contributed by atoms with Gasteiger partial charge in [-0.1, -0.05) is 41.4 Å². The lowest BCUT2D eigenvalue weighted by molar-refractivity contribution is -0.385. The van der Waals surface area contributed by atoms with Crippen molar-refractivity contribution in [1.82, 2.24) is 5.32 Å². The summed E-state index contributed by atoms with van der Waals surface area (Å²) in [4.78, 5) is 46.5. The van der Waals surface area contributed by atoms with Crippen LogP contribution in [0.2, 0.25) is 10.0 Å². The molecule has 4 rings (SSSR count). The number of ether oxygens (including phenoxy) is 3. The summed E-state index contributed by atoms with van der Waals surface area (Å²) >= 11 is 11.7. The molecule has 0 saturated heterocycles. The number of para-hydroxylation sites is 1. The van der Waals surface area contributed by atoms with E-state index in [2.05, 4.69) is 5.32 Å². The average molecular weight is 795 g/mol. The van der Waals surface area contributed by atoms with Crippen LogP contribution in [0.3, 0.4) is 0 Å². The van der Waals surface area contributed by atoms with E-state index in [1.165, 1.54) is 30.3 Å². The smallest absolute Gasteiger partial charge is 0.416 e. The number of rotatable bonds is 12. The number of nitro benzene ring substituents is 2. The Hall–Kier alpha value is -5.17. The van der Waals surface area contributed by atoms with Crippen LogP contribution in [0.1, 0.15) is 12.5 Å². The van der Waals surface area contributed by atoms with Gasteiger partial charge in [-0.2, -0.15) is 13.2 Å². The summed E-state index contributed by atoms with van der Waals surface area (Å²) in [7, 11) is -4.10. The molecule has 0 amide bonds. The molecule has 0 aliphatic heterocycles. The quantitative estimate of drug-likeness (QED) is 0.0396. The molecule has 0 unspecified atom stereocenters. The highest BCUT2D eigenvalue weighted by Crippen LogP contribution is 2.40. The summed E-state index contributed by atoms with van der Waals surface area (Å²) in [5.41, 5.74) is 4.10. The van der Waals surface area contributed by atoms with Crippen molar-refractivity contribution in [3.63, 3.8) is 0 Å². The number of alkyl halides is 3. The molecule has 4 aromatic carbocycles. The number of nitrogens with zero attached hydrogens (tertiary/aromatic N) is 2. The van der Waals surface area contributed by atoms with Gasteiger partial charge in [0.15, 0.2) is 0 Å². The molecule has 16 nitrogen and oxygen atoms in total. The average Bonchev–Trinajstić information content (AvgIpc) is 3.04. The Kier molecular flexibility index (Phi) is 16.1. The number of hydrogen-bond acceptors (Lipinski definition) is 11. The third-order valence-electron chi connectivity index (χ3n) is 5.80. The molecule has 0 spiro atoms. The molecule has 22 heteroatoms. The van der Waals surface area contributed by atoms with E-state index < -0.39 is 48.0 Å². The van der Waals surface area contributed by atoms with Gasteiger partial charge in [-0.15, -0.1) is 0 Å².